The molecule has 36 heavy (non-hydrogen) atoms. The molecule has 2 aliphatic rings. The van der Waals surface area contributed by atoms with Crippen molar-refractivity contribution in [2.24, 2.45) is 0 Å². The van der Waals surface area contributed by atoms with Crippen molar-refractivity contribution in [2.75, 3.05) is 6.79 Å². The largest absolute Gasteiger partial charge is 0.468 e. The van der Waals surface area contributed by atoms with Gasteiger partial charge in [-0.2, -0.15) is 0 Å². The standard InChI is InChI=1S/C26H14N4O6/c31-26-20-19(17-6-3-9-32-17)21-24-28-23(13-7-8-16-18(10-13)34-12-33-16)29-30(24)11-27-25(21)36-22(20)14-4-1-2-5-15(14)35-26/h1-11,19H,12H2. The quantitative estimate of drug-likeness (QED) is 0.331. The normalized spacial score (nSPS) is 15.6. The van der Waals surface area contributed by atoms with Crippen LogP contribution in [0.25, 0.3) is 28.0 Å². The Morgan fingerprint density at radius 1 is 0.972 bits per heavy atom. The number of ether oxygens (including phenoxy) is 3. The molecule has 0 radical (unpaired) electrons. The van der Waals surface area contributed by atoms with E-state index in [4.69, 9.17) is 28.0 Å². The van der Waals surface area contributed by atoms with Gasteiger partial charge in [-0.25, -0.2) is 19.3 Å². The Labute approximate surface area is 201 Å². The van der Waals surface area contributed by atoms with Crippen LogP contribution in [-0.2, 0) is 0 Å². The van der Waals surface area contributed by atoms with Crippen molar-refractivity contribution in [3.05, 3.63) is 94.5 Å². The van der Waals surface area contributed by atoms with Gasteiger partial charge in [0.1, 0.15) is 17.7 Å². The molecule has 0 amide bonds. The predicted molar refractivity (Wildman–Crippen MR) is 125 cm³/mol. The van der Waals surface area contributed by atoms with E-state index in [0.29, 0.717) is 62.5 Å². The zero-order valence-electron chi connectivity index (χ0n) is 18.4. The highest BCUT2D eigenvalue weighted by atomic mass is 16.7. The zero-order valence-corrected chi connectivity index (χ0v) is 18.4. The molecule has 6 aromatic rings. The van der Waals surface area contributed by atoms with E-state index in [1.54, 1.807) is 35.0 Å². The molecule has 1 atom stereocenters. The lowest BCUT2D eigenvalue weighted by molar-refractivity contribution is 0.174. The van der Waals surface area contributed by atoms with E-state index < -0.39 is 11.5 Å². The summed E-state index contributed by atoms with van der Waals surface area (Å²) in [6, 6.07) is 16.3. The van der Waals surface area contributed by atoms with E-state index in [-0.39, 0.29) is 6.79 Å². The van der Waals surface area contributed by atoms with Gasteiger partial charge in [-0.15, -0.1) is 5.10 Å². The maximum atomic E-state index is 13.3. The smallest absolute Gasteiger partial charge is 0.344 e. The molecular weight excluding hydrogens is 464 g/mol. The molecule has 4 aromatic heterocycles. The van der Waals surface area contributed by atoms with Gasteiger partial charge in [0.2, 0.25) is 12.7 Å². The van der Waals surface area contributed by atoms with Gasteiger partial charge in [0, 0.05) is 5.56 Å². The maximum absolute atomic E-state index is 13.3. The molecule has 10 heteroatoms. The van der Waals surface area contributed by atoms with Gasteiger partial charge in [-0.05, 0) is 42.5 Å². The molecule has 0 saturated carbocycles. The van der Waals surface area contributed by atoms with E-state index in [9.17, 15) is 4.79 Å². The molecule has 0 N–H and O–H groups in total. The van der Waals surface area contributed by atoms with Crippen LogP contribution < -0.4 is 19.8 Å². The van der Waals surface area contributed by atoms with Gasteiger partial charge in [0.25, 0.3) is 0 Å². The summed E-state index contributed by atoms with van der Waals surface area (Å²) in [6.45, 7) is 0.174. The highest BCUT2D eigenvalue weighted by Crippen LogP contribution is 2.49. The van der Waals surface area contributed by atoms with Crippen molar-refractivity contribution in [1.29, 1.82) is 0 Å². The Morgan fingerprint density at radius 3 is 2.81 bits per heavy atom. The third kappa shape index (κ3) is 2.60. The molecule has 0 bridgehead atoms. The fourth-order valence-electron chi connectivity index (χ4n) is 4.83. The number of benzene rings is 2. The van der Waals surface area contributed by atoms with Gasteiger partial charge >= 0.3 is 5.63 Å². The number of aromatic nitrogens is 4. The van der Waals surface area contributed by atoms with Crippen LogP contribution in [0.3, 0.4) is 0 Å². The number of fused-ring (bicyclic) bond motifs is 7. The SMILES string of the molecule is O=c1oc2ccccc2c2c1C(c1ccco1)c1c(ncn3nc(-c4ccc5c(c4)OCO5)nc13)O2. The lowest BCUT2D eigenvalue weighted by Gasteiger charge is -2.25. The first-order valence-electron chi connectivity index (χ1n) is 11.2. The molecule has 2 aromatic carbocycles. The highest BCUT2D eigenvalue weighted by Gasteiger charge is 2.39. The average Bonchev–Trinajstić information content (AvgIpc) is 3.67. The lowest BCUT2D eigenvalue weighted by atomic mass is 9.88. The third-order valence-corrected chi connectivity index (χ3v) is 6.42. The third-order valence-electron chi connectivity index (χ3n) is 6.42. The van der Waals surface area contributed by atoms with Gasteiger partial charge in [0.15, 0.2) is 28.7 Å². The minimum absolute atomic E-state index is 0.174. The molecule has 0 fully saturated rings. The monoisotopic (exact) mass is 478 g/mol. The van der Waals surface area contributed by atoms with Crippen LogP contribution in [0.5, 0.6) is 23.1 Å². The number of nitrogens with zero attached hydrogens (tertiary/aromatic N) is 4. The zero-order chi connectivity index (χ0) is 23.8. The Balaban J connectivity index is 1.39. The number of furan rings is 1. The summed E-state index contributed by atoms with van der Waals surface area (Å²) in [6.07, 6.45) is 3.09. The second kappa shape index (κ2) is 6.95. The van der Waals surface area contributed by atoms with Crippen molar-refractivity contribution < 1.29 is 23.0 Å². The van der Waals surface area contributed by atoms with Crippen molar-refractivity contribution >= 4 is 16.6 Å². The number of para-hydroxylation sites is 1. The second-order valence-electron chi connectivity index (χ2n) is 8.41. The van der Waals surface area contributed by atoms with E-state index >= 15 is 0 Å². The van der Waals surface area contributed by atoms with E-state index in [1.807, 2.05) is 30.3 Å². The topological polar surface area (TPSA) is 114 Å². The van der Waals surface area contributed by atoms with E-state index in [0.717, 1.165) is 5.56 Å². The second-order valence-corrected chi connectivity index (χ2v) is 8.41. The van der Waals surface area contributed by atoms with Crippen LogP contribution in [-0.4, -0.2) is 26.4 Å². The predicted octanol–water partition coefficient (Wildman–Crippen LogP) is 4.51. The van der Waals surface area contributed by atoms with Crippen molar-refractivity contribution in [3.63, 3.8) is 0 Å². The number of hydrogen-bond acceptors (Lipinski definition) is 9. The van der Waals surface area contributed by atoms with Gasteiger partial charge < -0.3 is 23.0 Å². The summed E-state index contributed by atoms with van der Waals surface area (Å²) in [5.41, 5.74) is 2.01. The molecule has 0 saturated heterocycles. The molecule has 174 valence electrons. The number of rotatable bonds is 2. The first-order chi connectivity index (χ1) is 17.7. The molecule has 2 aliphatic heterocycles. The van der Waals surface area contributed by atoms with Crippen LogP contribution in [0.15, 0.2) is 80.8 Å². The van der Waals surface area contributed by atoms with Crippen LogP contribution >= 0.6 is 0 Å². The molecule has 0 spiro atoms. The number of hydrogen-bond donors (Lipinski definition) is 0. The molecular formula is C26H14N4O6. The maximum Gasteiger partial charge on any atom is 0.344 e. The molecule has 0 aliphatic carbocycles. The summed E-state index contributed by atoms with van der Waals surface area (Å²) < 4.78 is 30.2. The summed E-state index contributed by atoms with van der Waals surface area (Å²) in [7, 11) is 0. The molecule has 10 nitrogen and oxygen atoms in total. The van der Waals surface area contributed by atoms with Crippen LogP contribution in [0, 0.1) is 0 Å². The summed E-state index contributed by atoms with van der Waals surface area (Å²) in [5.74, 6) is 2.33. The summed E-state index contributed by atoms with van der Waals surface area (Å²) in [4.78, 5) is 22.6. The van der Waals surface area contributed by atoms with E-state index in [1.165, 1.54) is 6.33 Å². The minimum Gasteiger partial charge on any atom is -0.468 e. The Kier molecular flexibility index (Phi) is 3.71. The Morgan fingerprint density at radius 2 is 1.89 bits per heavy atom. The summed E-state index contributed by atoms with van der Waals surface area (Å²) in [5, 5.41) is 5.28. The van der Waals surface area contributed by atoms with Crippen molar-refractivity contribution in [1.82, 2.24) is 19.6 Å². The lowest BCUT2D eigenvalue weighted by Crippen LogP contribution is -2.22. The molecule has 1 unspecified atom stereocenters. The first-order valence-corrected chi connectivity index (χ1v) is 11.2. The average molecular weight is 478 g/mol. The highest BCUT2D eigenvalue weighted by molar-refractivity contribution is 5.86. The van der Waals surface area contributed by atoms with Crippen LogP contribution in [0.2, 0.25) is 0 Å². The van der Waals surface area contributed by atoms with Crippen molar-refractivity contribution in [2.45, 2.75) is 5.92 Å². The molecule has 6 heterocycles. The Bertz CT molecular complexity index is 1890. The van der Waals surface area contributed by atoms with Gasteiger partial charge in [-0.1, -0.05) is 12.1 Å². The van der Waals surface area contributed by atoms with Gasteiger partial charge in [-0.3, -0.25) is 0 Å². The van der Waals surface area contributed by atoms with Gasteiger partial charge in [0.05, 0.1) is 28.7 Å². The fourth-order valence-corrected chi connectivity index (χ4v) is 4.83. The Hall–Kier alpha value is -5.12. The summed E-state index contributed by atoms with van der Waals surface area (Å²) >= 11 is 0. The van der Waals surface area contributed by atoms with Crippen LogP contribution in [0.4, 0.5) is 0 Å². The first kappa shape index (κ1) is 19.2. The fraction of sp³-hybridized carbons (Fsp3) is 0.0769. The minimum atomic E-state index is -0.662. The van der Waals surface area contributed by atoms with Crippen LogP contribution in [0.1, 0.15) is 22.8 Å². The van der Waals surface area contributed by atoms with E-state index in [2.05, 4.69) is 10.1 Å². The van der Waals surface area contributed by atoms with Crippen molar-refractivity contribution in [3.8, 4) is 34.5 Å². The molecule has 8 rings (SSSR count).